The predicted octanol–water partition coefficient (Wildman–Crippen LogP) is 2.52. The van der Waals surface area contributed by atoms with Crippen LogP contribution in [0.15, 0.2) is 30.3 Å². The molecule has 2 aromatic rings. The smallest absolute Gasteiger partial charge is 0.185 e. The lowest BCUT2D eigenvalue weighted by Gasteiger charge is -2.36. The topological polar surface area (TPSA) is 39.6 Å². The fourth-order valence-corrected chi connectivity index (χ4v) is 3.76. The van der Waals surface area contributed by atoms with Gasteiger partial charge in [-0.05, 0) is 18.6 Å². The molecule has 2 heterocycles. The standard InChI is InChI=1S/C16H21N3OS/c1-2-14-15(12-20)21-16(17-14)19-10-8-18(9-11-19)13-6-4-3-5-7-13/h3-7,20H,2,8-12H2,1H3. The molecule has 0 amide bonds. The first-order valence-corrected chi connectivity index (χ1v) is 8.28. The predicted molar refractivity (Wildman–Crippen MR) is 88.3 cm³/mol. The summed E-state index contributed by atoms with van der Waals surface area (Å²) in [7, 11) is 0. The largest absolute Gasteiger partial charge is 0.391 e. The number of thiazole rings is 1. The van der Waals surface area contributed by atoms with Gasteiger partial charge in [0.1, 0.15) is 0 Å². The summed E-state index contributed by atoms with van der Waals surface area (Å²) in [4.78, 5) is 10.4. The van der Waals surface area contributed by atoms with Crippen molar-refractivity contribution in [3.63, 3.8) is 0 Å². The Morgan fingerprint density at radius 1 is 1.10 bits per heavy atom. The molecule has 1 saturated heterocycles. The molecule has 1 aliphatic rings. The minimum Gasteiger partial charge on any atom is -0.391 e. The third-order valence-corrected chi connectivity index (χ3v) is 5.06. The summed E-state index contributed by atoms with van der Waals surface area (Å²) in [6, 6.07) is 10.6. The SMILES string of the molecule is CCc1nc(N2CCN(c3ccccc3)CC2)sc1CO. The van der Waals surface area contributed by atoms with Gasteiger partial charge in [-0.1, -0.05) is 36.5 Å². The van der Waals surface area contributed by atoms with Crippen LogP contribution in [0.3, 0.4) is 0 Å². The third kappa shape index (κ3) is 3.04. The lowest BCUT2D eigenvalue weighted by atomic mass is 10.2. The Hall–Kier alpha value is -1.59. The normalized spacial score (nSPS) is 15.5. The van der Waals surface area contributed by atoms with Crippen molar-refractivity contribution in [3.05, 3.63) is 40.9 Å². The first kappa shape index (κ1) is 14.4. The number of rotatable bonds is 4. The molecule has 0 bridgehead atoms. The summed E-state index contributed by atoms with van der Waals surface area (Å²) >= 11 is 1.63. The molecule has 1 N–H and O–H groups in total. The van der Waals surface area contributed by atoms with E-state index < -0.39 is 0 Å². The summed E-state index contributed by atoms with van der Waals surface area (Å²) in [6.45, 7) is 6.18. The van der Waals surface area contributed by atoms with Crippen LogP contribution in [0, 0.1) is 0 Å². The van der Waals surface area contributed by atoms with Crippen molar-refractivity contribution in [1.82, 2.24) is 4.98 Å². The summed E-state index contributed by atoms with van der Waals surface area (Å²) < 4.78 is 0. The number of nitrogens with zero attached hydrogens (tertiary/aromatic N) is 3. The summed E-state index contributed by atoms with van der Waals surface area (Å²) in [5.74, 6) is 0. The fraction of sp³-hybridized carbons (Fsp3) is 0.438. The Morgan fingerprint density at radius 2 is 1.76 bits per heavy atom. The second-order valence-corrected chi connectivity index (χ2v) is 6.25. The van der Waals surface area contributed by atoms with Gasteiger partial charge in [-0.2, -0.15) is 0 Å². The molecule has 0 saturated carbocycles. The fourth-order valence-electron chi connectivity index (χ4n) is 2.70. The number of aromatic nitrogens is 1. The van der Waals surface area contributed by atoms with Crippen molar-refractivity contribution in [2.24, 2.45) is 0 Å². The van der Waals surface area contributed by atoms with Crippen LogP contribution in [0.1, 0.15) is 17.5 Å². The molecule has 1 fully saturated rings. The van der Waals surface area contributed by atoms with Gasteiger partial charge in [0.15, 0.2) is 5.13 Å². The molecule has 0 radical (unpaired) electrons. The van der Waals surface area contributed by atoms with E-state index in [9.17, 15) is 5.11 Å². The zero-order valence-corrected chi connectivity index (χ0v) is 13.1. The van der Waals surface area contributed by atoms with Crippen LogP contribution in [-0.2, 0) is 13.0 Å². The maximum atomic E-state index is 9.40. The van der Waals surface area contributed by atoms with E-state index in [0.29, 0.717) is 0 Å². The molecule has 112 valence electrons. The molecular formula is C16H21N3OS. The molecule has 0 aliphatic carbocycles. The van der Waals surface area contributed by atoms with Gasteiger partial charge < -0.3 is 14.9 Å². The second-order valence-electron chi connectivity index (χ2n) is 5.19. The van der Waals surface area contributed by atoms with E-state index >= 15 is 0 Å². The number of anilines is 2. The van der Waals surface area contributed by atoms with Gasteiger partial charge in [0.25, 0.3) is 0 Å². The molecule has 1 aromatic heterocycles. The van der Waals surface area contributed by atoms with Gasteiger partial charge in [-0.3, -0.25) is 0 Å². The molecule has 0 spiro atoms. The number of para-hydroxylation sites is 1. The average molecular weight is 303 g/mol. The number of hydrogen-bond acceptors (Lipinski definition) is 5. The van der Waals surface area contributed by atoms with Crippen molar-refractivity contribution in [2.45, 2.75) is 20.0 Å². The molecule has 21 heavy (non-hydrogen) atoms. The molecule has 0 unspecified atom stereocenters. The zero-order valence-electron chi connectivity index (χ0n) is 12.3. The number of hydrogen-bond donors (Lipinski definition) is 1. The molecule has 3 rings (SSSR count). The van der Waals surface area contributed by atoms with Gasteiger partial charge in [-0.25, -0.2) is 4.98 Å². The van der Waals surface area contributed by atoms with Gasteiger partial charge >= 0.3 is 0 Å². The maximum Gasteiger partial charge on any atom is 0.185 e. The molecule has 0 atom stereocenters. The second kappa shape index (κ2) is 6.45. The lowest BCUT2D eigenvalue weighted by molar-refractivity contribution is 0.284. The van der Waals surface area contributed by atoms with E-state index in [2.05, 4.69) is 52.0 Å². The number of piperazine rings is 1. The maximum absolute atomic E-state index is 9.40. The van der Waals surface area contributed by atoms with E-state index in [4.69, 9.17) is 0 Å². The molecular weight excluding hydrogens is 282 g/mol. The van der Waals surface area contributed by atoms with Gasteiger partial charge in [-0.15, -0.1) is 0 Å². The highest BCUT2D eigenvalue weighted by Gasteiger charge is 2.21. The van der Waals surface area contributed by atoms with Crippen molar-refractivity contribution >= 4 is 22.2 Å². The monoisotopic (exact) mass is 303 g/mol. The zero-order chi connectivity index (χ0) is 14.7. The van der Waals surface area contributed by atoms with Crippen molar-refractivity contribution < 1.29 is 5.11 Å². The van der Waals surface area contributed by atoms with Crippen molar-refractivity contribution in [2.75, 3.05) is 36.0 Å². The first-order chi connectivity index (χ1) is 10.3. The minimum absolute atomic E-state index is 0.102. The Bertz CT molecular complexity index is 555. The highest BCUT2D eigenvalue weighted by atomic mass is 32.1. The van der Waals surface area contributed by atoms with Crippen molar-refractivity contribution in [1.29, 1.82) is 0 Å². The highest BCUT2D eigenvalue weighted by molar-refractivity contribution is 7.15. The number of benzene rings is 1. The summed E-state index contributed by atoms with van der Waals surface area (Å²) in [5.41, 5.74) is 2.34. The van der Waals surface area contributed by atoms with Crippen LogP contribution in [-0.4, -0.2) is 36.3 Å². The van der Waals surface area contributed by atoms with E-state index in [1.165, 1.54) is 5.69 Å². The number of aliphatic hydroxyl groups excluding tert-OH is 1. The van der Waals surface area contributed by atoms with Crippen LogP contribution in [0.2, 0.25) is 0 Å². The Morgan fingerprint density at radius 3 is 2.33 bits per heavy atom. The van der Waals surface area contributed by atoms with Crippen LogP contribution >= 0.6 is 11.3 Å². The van der Waals surface area contributed by atoms with Gasteiger partial charge in [0.2, 0.25) is 0 Å². The average Bonchev–Trinajstić information content (AvgIpc) is 2.99. The first-order valence-electron chi connectivity index (χ1n) is 7.46. The van der Waals surface area contributed by atoms with Crippen molar-refractivity contribution in [3.8, 4) is 0 Å². The summed E-state index contributed by atoms with van der Waals surface area (Å²) in [6.07, 6.45) is 0.885. The van der Waals surface area contributed by atoms with Crippen LogP contribution in [0.25, 0.3) is 0 Å². The van der Waals surface area contributed by atoms with Crippen LogP contribution in [0.5, 0.6) is 0 Å². The molecule has 1 aromatic carbocycles. The highest BCUT2D eigenvalue weighted by Crippen LogP contribution is 2.28. The molecule has 1 aliphatic heterocycles. The lowest BCUT2D eigenvalue weighted by Crippen LogP contribution is -2.46. The molecule has 5 heteroatoms. The number of aliphatic hydroxyl groups is 1. The van der Waals surface area contributed by atoms with E-state index in [-0.39, 0.29) is 6.61 Å². The van der Waals surface area contributed by atoms with Gasteiger partial charge in [0, 0.05) is 31.9 Å². The van der Waals surface area contributed by atoms with Gasteiger partial charge in [0.05, 0.1) is 17.2 Å². The van der Waals surface area contributed by atoms with E-state index in [1.807, 2.05) is 0 Å². The van der Waals surface area contributed by atoms with Crippen LogP contribution < -0.4 is 9.80 Å². The Kier molecular flexibility index (Phi) is 4.41. The quantitative estimate of drug-likeness (QED) is 0.942. The number of aryl methyl sites for hydroxylation is 1. The summed E-state index contributed by atoms with van der Waals surface area (Å²) in [5, 5.41) is 10.5. The van der Waals surface area contributed by atoms with E-state index in [0.717, 1.165) is 48.3 Å². The molecule has 4 nitrogen and oxygen atoms in total. The Balaban J connectivity index is 1.67. The minimum atomic E-state index is 0.102. The Labute approximate surface area is 129 Å². The van der Waals surface area contributed by atoms with Crippen LogP contribution in [0.4, 0.5) is 10.8 Å². The van der Waals surface area contributed by atoms with E-state index in [1.54, 1.807) is 11.3 Å². The third-order valence-electron chi connectivity index (χ3n) is 3.92.